The molecule has 19 heavy (non-hydrogen) atoms. The summed E-state index contributed by atoms with van der Waals surface area (Å²) in [4.78, 5) is 21.9. The number of carbonyl (C=O) groups is 1. The smallest absolute Gasteiger partial charge is 0.338 e. The van der Waals surface area contributed by atoms with Gasteiger partial charge in [-0.1, -0.05) is 36.5 Å². The summed E-state index contributed by atoms with van der Waals surface area (Å²) in [7, 11) is 0. The van der Waals surface area contributed by atoms with Crippen molar-refractivity contribution in [3.05, 3.63) is 37.9 Å². The van der Waals surface area contributed by atoms with E-state index in [2.05, 4.69) is 0 Å². The summed E-state index contributed by atoms with van der Waals surface area (Å²) in [6.45, 7) is 3.72. The molecule has 1 unspecified atom stereocenters. The molecule has 1 rings (SSSR count). The minimum Gasteiger partial charge on any atom is -0.459 e. The van der Waals surface area contributed by atoms with Crippen LogP contribution in [0.25, 0.3) is 0 Å². The van der Waals surface area contributed by atoms with Gasteiger partial charge >= 0.3 is 5.97 Å². The molecule has 0 saturated carbocycles. The maximum atomic E-state index is 11.8. The van der Waals surface area contributed by atoms with Crippen molar-refractivity contribution in [2.75, 3.05) is 0 Å². The fourth-order valence-corrected chi connectivity index (χ4v) is 1.93. The van der Waals surface area contributed by atoms with Crippen LogP contribution in [0.1, 0.15) is 37.0 Å². The van der Waals surface area contributed by atoms with Crippen molar-refractivity contribution >= 4 is 34.9 Å². The first kappa shape index (κ1) is 15.7. The molecule has 0 aliphatic rings. The average Bonchev–Trinajstić information content (AvgIpc) is 2.32. The monoisotopic (exact) mass is 305 g/mol. The van der Waals surface area contributed by atoms with Gasteiger partial charge in [0.15, 0.2) is 0 Å². The molecule has 0 radical (unpaired) electrons. The summed E-state index contributed by atoms with van der Waals surface area (Å²) in [5.74, 6) is -0.650. The number of halogens is 2. The minimum atomic E-state index is -0.694. The van der Waals surface area contributed by atoms with E-state index in [-0.39, 0.29) is 21.7 Å². The molecule has 0 aliphatic carbocycles. The summed E-state index contributed by atoms with van der Waals surface area (Å²) in [5.41, 5.74) is -0.395. The maximum Gasteiger partial charge on any atom is 0.338 e. The predicted octanol–water partition coefficient (Wildman–Crippen LogP) is 4.25. The lowest BCUT2D eigenvalue weighted by molar-refractivity contribution is -0.384. The third-order valence-electron chi connectivity index (χ3n) is 2.44. The van der Waals surface area contributed by atoms with Gasteiger partial charge in [-0.15, -0.1) is 0 Å². The minimum absolute atomic E-state index is 0.0176. The third-order valence-corrected chi connectivity index (χ3v) is 3.24. The highest BCUT2D eigenvalue weighted by atomic mass is 35.5. The molecule has 1 aromatic rings. The highest BCUT2D eigenvalue weighted by Gasteiger charge is 2.21. The van der Waals surface area contributed by atoms with Crippen molar-refractivity contribution in [1.82, 2.24) is 0 Å². The molecular weight excluding hydrogens is 293 g/mol. The molecule has 0 spiro atoms. The Balaban J connectivity index is 3.01. The number of hydrogen-bond acceptors (Lipinski definition) is 4. The largest absolute Gasteiger partial charge is 0.459 e. The molecule has 7 heteroatoms. The Morgan fingerprint density at radius 3 is 2.63 bits per heavy atom. The Labute approximate surface area is 120 Å². The van der Waals surface area contributed by atoms with Gasteiger partial charge in [0.2, 0.25) is 0 Å². The first-order valence-corrected chi connectivity index (χ1v) is 6.46. The van der Waals surface area contributed by atoms with Gasteiger partial charge in [0.1, 0.15) is 5.02 Å². The normalized spacial score (nSPS) is 12.0. The highest BCUT2D eigenvalue weighted by Crippen LogP contribution is 2.33. The van der Waals surface area contributed by atoms with Gasteiger partial charge in [-0.2, -0.15) is 0 Å². The van der Waals surface area contributed by atoms with E-state index in [1.165, 1.54) is 6.07 Å². The van der Waals surface area contributed by atoms with Crippen LogP contribution in [0.3, 0.4) is 0 Å². The molecule has 0 N–H and O–H groups in total. The van der Waals surface area contributed by atoms with Crippen LogP contribution in [0, 0.1) is 10.1 Å². The Bertz CT molecular complexity index is 505. The number of nitro groups is 1. The summed E-state index contributed by atoms with van der Waals surface area (Å²) >= 11 is 11.5. The summed E-state index contributed by atoms with van der Waals surface area (Å²) in [6.07, 6.45) is 1.33. The van der Waals surface area contributed by atoms with Crippen LogP contribution in [0.2, 0.25) is 10.0 Å². The number of ether oxygens (including phenoxy) is 1. The molecule has 0 fully saturated rings. The Morgan fingerprint density at radius 2 is 2.11 bits per heavy atom. The van der Waals surface area contributed by atoms with E-state index in [9.17, 15) is 14.9 Å². The lowest BCUT2D eigenvalue weighted by Gasteiger charge is -2.12. The van der Waals surface area contributed by atoms with Crippen LogP contribution in [0.5, 0.6) is 0 Å². The molecule has 1 atom stereocenters. The van der Waals surface area contributed by atoms with Crippen molar-refractivity contribution in [3.63, 3.8) is 0 Å². The number of nitro benzene ring substituents is 1. The molecular formula is C12H13Cl2NO4. The molecule has 1 aromatic carbocycles. The second kappa shape index (κ2) is 6.73. The van der Waals surface area contributed by atoms with E-state index in [0.29, 0.717) is 0 Å². The summed E-state index contributed by atoms with van der Waals surface area (Å²) < 4.78 is 5.14. The van der Waals surface area contributed by atoms with Gasteiger partial charge in [-0.3, -0.25) is 10.1 Å². The zero-order chi connectivity index (χ0) is 14.6. The van der Waals surface area contributed by atoms with Crippen LogP contribution in [0.4, 0.5) is 5.69 Å². The van der Waals surface area contributed by atoms with E-state index in [4.69, 9.17) is 27.9 Å². The molecule has 0 bridgehead atoms. The Hall–Kier alpha value is -1.33. The van der Waals surface area contributed by atoms with Crippen LogP contribution in [-0.2, 0) is 4.74 Å². The van der Waals surface area contributed by atoms with Crippen LogP contribution < -0.4 is 0 Å². The van der Waals surface area contributed by atoms with Gasteiger partial charge in [0.25, 0.3) is 5.69 Å². The molecule has 5 nitrogen and oxygen atoms in total. The quantitative estimate of drug-likeness (QED) is 0.463. The topological polar surface area (TPSA) is 69.4 Å². The fraction of sp³-hybridized carbons (Fsp3) is 0.417. The lowest BCUT2D eigenvalue weighted by atomic mass is 10.2. The number of esters is 1. The third kappa shape index (κ3) is 4.08. The van der Waals surface area contributed by atoms with Crippen LogP contribution in [0.15, 0.2) is 12.1 Å². The number of benzene rings is 1. The van der Waals surface area contributed by atoms with E-state index >= 15 is 0 Å². The summed E-state index contributed by atoms with van der Waals surface area (Å²) in [6, 6.07) is 2.33. The summed E-state index contributed by atoms with van der Waals surface area (Å²) in [5, 5.41) is 10.5. The van der Waals surface area contributed by atoms with Crippen molar-refractivity contribution in [1.29, 1.82) is 0 Å². The SMILES string of the molecule is CCCC(C)OC(=O)c1cc(Cl)c(Cl)c([N+](=O)[O-])c1. The lowest BCUT2D eigenvalue weighted by Crippen LogP contribution is -2.15. The van der Waals surface area contributed by atoms with Gasteiger partial charge < -0.3 is 4.74 Å². The fourth-order valence-electron chi connectivity index (χ4n) is 1.54. The molecule has 104 valence electrons. The van der Waals surface area contributed by atoms with Gasteiger partial charge in [0, 0.05) is 6.07 Å². The number of rotatable bonds is 5. The van der Waals surface area contributed by atoms with Crippen LogP contribution >= 0.6 is 23.2 Å². The zero-order valence-corrected chi connectivity index (χ0v) is 12.0. The first-order valence-electron chi connectivity index (χ1n) is 5.71. The molecule has 0 aromatic heterocycles. The van der Waals surface area contributed by atoms with E-state index in [0.717, 1.165) is 18.9 Å². The molecule has 0 amide bonds. The van der Waals surface area contributed by atoms with Gasteiger partial charge in [0.05, 0.1) is 21.6 Å². The molecule has 0 saturated heterocycles. The Morgan fingerprint density at radius 1 is 1.47 bits per heavy atom. The second-order valence-electron chi connectivity index (χ2n) is 4.05. The van der Waals surface area contributed by atoms with Crippen molar-refractivity contribution in [2.45, 2.75) is 32.8 Å². The average molecular weight is 306 g/mol. The number of carbonyl (C=O) groups excluding carboxylic acids is 1. The zero-order valence-electron chi connectivity index (χ0n) is 10.5. The van der Waals surface area contributed by atoms with Gasteiger partial charge in [-0.25, -0.2) is 4.79 Å². The standard InChI is InChI=1S/C12H13Cl2NO4/c1-3-4-7(2)19-12(16)8-5-9(13)11(14)10(6-8)15(17)18/h5-7H,3-4H2,1-2H3. The van der Waals surface area contributed by atoms with E-state index in [1.54, 1.807) is 6.92 Å². The predicted molar refractivity (Wildman–Crippen MR) is 72.9 cm³/mol. The number of hydrogen-bond donors (Lipinski definition) is 0. The number of nitrogens with zero attached hydrogens (tertiary/aromatic N) is 1. The first-order chi connectivity index (χ1) is 8.86. The van der Waals surface area contributed by atoms with Crippen LogP contribution in [-0.4, -0.2) is 17.0 Å². The van der Waals surface area contributed by atoms with Crippen molar-refractivity contribution in [3.8, 4) is 0 Å². The second-order valence-corrected chi connectivity index (χ2v) is 4.84. The van der Waals surface area contributed by atoms with E-state index in [1.807, 2.05) is 6.92 Å². The maximum absolute atomic E-state index is 11.8. The van der Waals surface area contributed by atoms with E-state index < -0.39 is 16.6 Å². The molecule has 0 aliphatic heterocycles. The molecule has 0 heterocycles. The van der Waals surface area contributed by atoms with Crippen molar-refractivity contribution in [2.24, 2.45) is 0 Å². The highest BCUT2D eigenvalue weighted by molar-refractivity contribution is 6.43. The Kier molecular flexibility index (Phi) is 5.57. The van der Waals surface area contributed by atoms with Gasteiger partial charge in [-0.05, 0) is 19.4 Å². The van der Waals surface area contributed by atoms with Crippen molar-refractivity contribution < 1.29 is 14.5 Å².